The van der Waals surface area contributed by atoms with Crippen molar-refractivity contribution in [2.24, 2.45) is 11.8 Å². The molecule has 2 aliphatic carbocycles. The molecule has 19 heavy (non-hydrogen) atoms. The number of hydrogen-bond donors (Lipinski definition) is 2. The summed E-state index contributed by atoms with van der Waals surface area (Å²) in [5, 5.41) is 5.82. The van der Waals surface area contributed by atoms with E-state index in [9.17, 15) is 9.59 Å². The zero-order valence-corrected chi connectivity index (χ0v) is 11.9. The molecule has 0 aromatic rings. The van der Waals surface area contributed by atoms with E-state index in [2.05, 4.69) is 17.6 Å². The minimum atomic E-state index is -0.0357. The second-order valence-corrected chi connectivity index (χ2v) is 5.97. The lowest BCUT2D eigenvalue weighted by molar-refractivity contribution is -0.127. The van der Waals surface area contributed by atoms with E-state index < -0.39 is 0 Å². The van der Waals surface area contributed by atoms with Gasteiger partial charge in [0.25, 0.3) is 0 Å². The van der Waals surface area contributed by atoms with Crippen LogP contribution in [0.15, 0.2) is 0 Å². The molecule has 108 valence electrons. The van der Waals surface area contributed by atoms with Gasteiger partial charge >= 0.3 is 0 Å². The number of nitrogens with one attached hydrogen (secondary N) is 2. The van der Waals surface area contributed by atoms with Gasteiger partial charge in [0.05, 0.1) is 6.54 Å². The van der Waals surface area contributed by atoms with Crippen molar-refractivity contribution in [3.63, 3.8) is 0 Å². The second-order valence-electron chi connectivity index (χ2n) is 5.97. The third kappa shape index (κ3) is 4.51. The van der Waals surface area contributed by atoms with Crippen LogP contribution in [0.2, 0.25) is 0 Å². The van der Waals surface area contributed by atoms with E-state index in [0.717, 1.165) is 19.3 Å². The molecule has 0 radical (unpaired) electrons. The van der Waals surface area contributed by atoms with Gasteiger partial charge in [0.1, 0.15) is 0 Å². The molecule has 0 aromatic heterocycles. The highest BCUT2D eigenvalue weighted by atomic mass is 16.2. The maximum atomic E-state index is 11.9. The average Bonchev–Trinajstić information content (AvgIpc) is 3.27. The Hall–Kier alpha value is -1.06. The lowest BCUT2D eigenvalue weighted by atomic mass is 9.83. The Bertz CT molecular complexity index is 320. The maximum Gasteiger partial charge on any atom is 0.239 e. The predicted octanol–water partition coefficient (Wildman–Crippen LogP) is 1.99. The first-order valence-corrected chi connectivity index (χ1v) is 7.77. The molecule has 0 aliphatic heterocycles. The highest BCUT2D eigenvalue weighted by Crippen LogP contribution is 2.29. The van der Waals surface area contributed by atoms with Gasteiger partial charge in [0.2, 0.25) is 11.8 Å². The summed E-state index contributed by atoms with van der Waals surface area (Å²) in [7, 11) is 0. The Balaban J connectivity index is 1.70. The molecule has 2 rings (SSSR count). The molecule has 2 aliphatic rings. The monoisotopic (exact) mass is 266 g/mol. The average molecular weight is 266 g/mol. The van der Waals surface area contributed by atoms with Crippen molar-refractivity contribution in [3.05, 3.63) is 0 Å². The molecule has 0 saturated heterocycles. The maximum absolute atomic E-state index is 11.9. The van der Waals surface area contributed by atoms with Crippen LogP contribution in [0, 0.1) is 11.8 Å². The van der Waals surface area contributed by atoms with E-state index in [4.69, 9.17) is 0 Å². The molecule has 0 heterocycles. The van der Waals surface area contributed by atoms with Gasteiger partial charge in [-0.25, -0.2) is 0 Å². The summed E-state index contributed by atoms with van der Waals surface area (Å²) >= 11 is 0. The SMILES string of the molecule is CC[C@@H](NC(=O)CNC(=O)C1CC1)C1CCCCC1. The third-order valence-corrected chi connectivity index (χ3v) is 4.38. The molecule has 1 atom stereocenters. The quantitative estimate of drug-likeness (QED) is 0.772. The molecule has 4 heteroatoms. The number of carbonyl (C=O) groups excluding carboxylic acids is 2. The summed E-state index contributed by atoms with van der Waals surface area (Å²) in [6.45, 7) is 2.26. The van der Waals surface area contributed by atoms with Gasteiger partial charge in [-0.2, -0.15) is 0 Å². The van der Waals surface area contributed by atoms with Gasteiger partial charge < -0.3 is 10.6 Å². The molecule has 4 nitrogen and oxygen atoms in total. The zero-order valence-electron chi connectivity index (χ0n) is 11.9. The summed E-state index contributed by atoms with van der Waals surface area (Å²) in [5.74, 6) is 0.808. The number of hydrogen-bond acceptors (Lipinski definition) is 2. The second kappa shape index (κ2) is 6.92. The first-order valence-electron chi connectivity index (χ1n) is 7.77. The largest absolute Gasteiger partial charge is 0.352 e. The zero-order chi connectivity index (χ0) is 13.7. The molecule has 2 saturated carbocycles. The summed E-state index contributed by atoms with van der Waals surface area (Å²) in [6, 6.07) is 0.283. The van der Waals surface area contributed by atoms with Gasteiger partial charge in [-0.15, -0.1) is 0 Å². The summed E-state index contributed by atoms with van der Waals surface area (Å²) < 4.78 is 0. The molecule has 2 fully saturated rings. The highest BCUT2D eigenvalue weighted by molar-refractivity contribution is 5.86. The van der Waals surface area contributed by atoms with Crippen LogP contribution in [0.5, 0.6) is 0 Å². The standard InChI is InChI=1S/C15H26N2O2/c1-2-13(11-6-4-3-5-7-11)17-14(18)10-16-15(19)12-8-9-12/h11-13H,2-10H2,1H3,(H,16,19)(H,17,18)/t13-/m1/s1. The Morgan fingerprint density at radius 2 is 1.79 bits per heavy atom. The fraction of sp³-hybridized carbons (Fsp3) is 0.867. The van der Waals surface area contributed by atoms with Crippen molar-refractivity contribution in [1.29, 1.82) is 0 Å². The van der Waals surface area contributed by atoms with Gasteiger partial charge in [-0.05, 0) is 38.0 Å². The van der Waals surface area contributed by atoms with Crippen molar-refractivity contribution in [2.75, 3.05) is 6.54 Å². The normalized spacial score (nSPS) is 21.7. The number of amides is 2. The lowest BCUT2D eigenvalue weighted by Gasteiger charge is -2.30. The fourth-order valence-electron chi connectivity index (χ4n) is 3.00. The lowest BCUT2D eigenvalue weighted by Crippen LogP contribution is -2.45. The number of carbonyl (C=O) groups is 2. The van der Waals surface area contributed by atoms with Crippen LogP contribution in [0.4, 0.5) is 0 Å². The van der Waals surface area contributed by atoms with Crippen LogP contribution >= 0.6 is 0 Å². The van der Waals surface area contributed by atoms with E-state index in [1.54, 1.807) is 0 Å². The topological polar surface area (TPSA) is 58.2 Å². The van der Waals surface area contributed by atoms with Crippen molar-refractivity contribution in [1.82, 2.24) is 10.6 Å². The molecule has 2 N–H and O–H groups in total. The molecular weight excluding hydrogens is 240 g/mol. The predicted molar refractivity (Wildman–Crippen MR) is 74.5 cm³/mol. The Labute approximate surface area is 115 Å². The first kappa shape index (κ1) is 14.4. The van der Waals surface area contributed by atoms with Gasteiger partial charge in [-0.1, -0.05) is 26.2 Å². The summed E-state index contributed by atoms with van der Waals surface area (Å²) in [6.07, 6.45) is 9.30. The smallest absolute Gasteiger partial charge is 0.239 e. The van der Waals surface area contributed by atoms with Crippen LogP contribution in [0.25, 0.3) is 0 Å². The summed E-state index contributed by atoms with van der Waals surface area (Å²) in [4.78, 5) is 23.4. The van der Waals surface area contributed by atoms with Gasteiger partial charge in [-0.3, -0.25) is 9.59 Å². The number of rotatable bonds is 6. The molecule has 2 amide bonds. The molecule has 0 bridgehead atoms. The van der Waals surface area contributed by atoms with Gasteiger partial charge in [0, 0.05) is 12.0 Å². The van der Waals surface area contributed by atoms with Crippen LogP contribution in [0.3, 0.4) is 0 Å². The molecule has 0 spiro atoms. The molecule has 0 aromatic carbocycles. The minimum absolute atomic E-state index is 0.0357. The third-order valence-electron chi connectivity index (χ3n) is 4.38. The summed E-state index contributed by atoms with van der Waals surface area (Å²) in [5.41, 5.74) is 0. The van der Waals surface area contributed by atoms with Crippen LogP contribution in [0.1, 0.15) is 58.3 Å². The molecular formula is C15H26N2O2. The van der Waals surface area contributed by atoms with E-state index in [1.165, 1.54) is 32.1 Å². The van der Waals surface area contributed by atoms with E-state index in [1.807, 2.05) is 0 Å². The highest BCUT2D eigenvalue weighted by Gasteiger charge is 2.30. The van der Waals surface area contributed by atoms with E-state index >= 15 is 0 Å². The first-order chi connectivity index (χ1) is 9.20. The molecule has 0 unspecified atom stereocenters. The van der Waals surface area contributed by atoms with Crippen LogP contribution in [-0.2, 0) is 9.59 Å². The minimum Gasteiger partial charge on any atom is -0.352 e. The van der Waals surface area contributed by atoms with E-state index in [0.29, 0.717) is 5.92 Å². The van der Waals surface area contributed by atoms with Crippen molar-refractivity contribution in [2.45, 2.75) is 64.3 Å². The van der Waals surface area contributed by atoms with Crippen LogP contribution in [-0.4, -0.2) is 24.4 Å². The van der Waals surface area contributed by atoms with Crippen molar-refractivity contribution in [3.8, 4) is 0 Å². The Kier molecular flexibility index (Phi) is 5.23. The Morgan fingerprint density at radius 3 is 2.37 bits per heavy atom. The van der Waals surface area contributed by atoms with Crippen molar-refractivity contribution < 1.29 is 9.59 Å². The van der Waals surface area contributed by atoms with Gasteiger partial charge in [0.15, 0.2) is 0 Å². The fourth-order valence-corrected chi connectivity index (χ4v) is 3.00. The van der Waals surface area contributed by atoms with Crippen molar-refractivity contribution >= 4 is 11.8 Å². The van der Waals surface area contributed by atoms with E-state index in [-0.39, 0.29) is 30.3 Å². The van der Waals surface area contributed by atoms with Crippen LogP contribution < -0.4 is 10.6 Å². The Morgan fingerprint density at radius 1 is 1.11 bits per heavy atom.